The van der Waals surface area contributed by atoms with E-state index in [0.717, 1.165) is 48.6 Å². The first-order valence-electron chi connectivity index (χ1n) is 15.8. The molecule has 0 saturated carbocycles. The van der Waals surface area contributed by atoms with Crippen molar-refractivity contribution in [2.24, 2.45) is 0 Å². The fraction of sp³-hybridized carbons (Fsp3) is 0.457. The van der Waals surface area contributed by atoms with E-state index in [1.54, 1.807) is 0 Å². The topological polar surface area (TPSA) is 116 Å². The van der Waals surface area contributed by atoms with Gasteiger partial charge in [0.2, 0.25) is 5.91 Å². The summed E-state index contributed by atoms with van der Waals surface area (Å²) in [7, 11) is 0. The van der Waals surface area contributed by atoms with Crippen LogP contribution >= 0.6 is 0 Å². The largest absolute Gasteiger partial charge is 0.444 e. The first-order chi connectivity index (χ1) is 21.1. The summed E-state index contributed by atoms with van der Waals surface area (Å²) in [4.78, 5) is 43.9. The number of hydrogen-bond donors (Lipinski definition) is 4. The molecule has 4 N–H and O–H groups in total. The number of benzene rings is 2. The number of aromatic nitrogens is 1. The van der Waals surface area contributed by atoms with Gasteiger partial charge in [-0.15, -0.1) is 0 Å². The Morgan fingerprint density at radius 1 is 0.955 bits per heavy atom. The zero-order valence-corrected chi connectivity index (χ0v) is 26.1. The first kappa shape index (κ1) is 31.2. The van der Waals surface area contributed by atoms with Crippen LogP contribution in [0, 0.1) is 0 Å². The number of allylic oxidation sites excluding steroid dienone is 1. The van der Waals surface area contributed by atoms with Gasteiger partial charge in [0, 0.05) is 55.1 Å². The molecule has 1 aromatic heterocycles. The standard InChI is InChI=1S/C35H45N5O4/c1-34(2,3)44-33(43)37-20-10-4-9-19-36-31(41)30(23-26-24-38-29-14-8-6-12-27(26)29)39-32(42)40-21-17-35(18-22-40)16-15-25-11-5-7-13-28(25)35/h5-8,11-16,24,30,38H,4,9-10,17-23H2,1-3H3,(H,36,41)(H,37,43)(H,39,42)/t30-/m1/s1. The highest BCUT2D eigenvalue weighted by molar-refractivity contribution is 5.89. The molecule has 5 rings (SSSR count). The number of aromatic amines is 1. The second-order valence-corrected chi connectivity index (χ2v) is 12.9. The Hall–Kier alpha value is -4.27. The van der Waals surface area contributed by atoms with Crippen LogP contribution in [0.5, 0.6) is 0 Å². The van der Waals surface area contributed by atoms with Crippen LogP contribution in [0.15, 0.2) is 60.8 Å². The van der Waals surface area contributed by atoms with E-state index >= 15 is 0 Å². The number of urea groups is 1. The molecule has 0 unspecified atom stereocenters. The van der Waals surface area contributed by atoms with Gasteiger partial charge in [-0.1, -0.05) is 54.6 Å². The number of rotatable bonds is 10. The van der Waals surface area contributed by atoms with Crippen LogP contribution in [0.1, 0.15) is 69.6 Å². The van der Waals surface area contributed by atoms with Crippen LogP contribution in [0.4, 0.5) is 9.59 Å². The number of H-pyrrole nitrogens is 1. The van der Waals surface area contributed by atoms with Crippen molar-refractivity contribution in [2.75, 3.05) is 26.2 Å². The summed E-state index contributed by atoms with van der Waals surface area (Å²) in [5.41, 5.74) is 4.05. The predicted molar refractivity (Wildman–Crippen MR) is 173 cm³/mol. The lowest BCUT2D eigenvalue weighted by atomic mass is 9.74. The van der Waals surface area contributed by atoms with Gasteiger partial charge in [0.15, 0.2) is 0 Å². The molecule has 9 nitrogen and oxygen atoms in total. The molecule has 0 bridgehead atoms. The molecule has 1 spiro atoms. The fourth-order valence-corrected chi connectivity index (χ4v) is 6.22. The molecule has 4 amide bonds. The number of likely N-dealkylation sites (tertiary alicyclic amines) is 1. The van der Waals surface area contributed by atoms with Crippen molar-refractivity contribution in [3.8, 4) is 0 Å². The number of carbonyl (C=O) groups excluding carboxylic acids is 3. The monoisotopic (exact) mass is 599 g/mol. The molecular weight excluding hydrogens is 554 g/mol. The molecule has 234 valence electrons. The number of fused-ring (bicyclic) bond motifs is 3. The summed E-state index contributed by atoms with van der Waals surface area (Å²) < 4.78 is 5.26. The second-order valence-electron chi connectivity index (χ2n) is 12.9. The van der Waals surface area contributed by atoms with E-state index in [1.165, 1.54) is 11.1 Å². The number of alkyl carbamates (subject to hydrolysis) is 1. The summed E-state index contributed by atoms with van der Waals surface area (Å²) in [5.74, 6) is -0.198. The van der Waals surface area contributed by atoms with E-state index in [2.05, 4.69) is 57.4 Å². The van der Waals surface area contributed by atoms with Gasteiger partial charge in [0.25, 0.3) is 0 Å². The minimum absolute atomic E-state index is 0.0173. The lowest BCUT2D eigenvalue weighted by Gasteiger charge is -2.39. The highest BCUT2D eigenvalue weighted by atomic mass is 16.6. The van der Waals surface area contributed by atoms with Gasteiger partial charge in [-0.25, -0.2) is 9.59 Å². The molecule has 1 aliphatic heterocycles. The van der Waals surface area contributed by atoms with E-state index in [4.69, 9.17) is 4.74 Å². The second kappa shape index (κ2) is 13.6. The molecule has 1 atom stereocenters. The number of piperidine rings is 1. The minimum Gasteiger partial charge on any atom is -0.444 e. The smallest absolute Gasteiger partial charge is 0.407 e. The maximum Gasteiger partial charge on any atom is 0.407 e. The number of para-hydroxylation sites is 1. The minimum atomic E-state index is -0.710. The number of carbonyl (C=O) groups is 3. The summed E-state index contributed by atoms with van der Waals surface area (Å²) in [6, 6.07) is 15.6. The molecule has 9 heteroatoms. The van der Waals surface area contributed by atoms with Gasteiger partial charge >= 0.3 is 12.1 Å². The van der Waals surface area contributed by atoms with E-state index in [-0.39, 0.29) is 17.4 Å². The zero-order chi connectivity index (χ0) is 31.2. The quantitative estimate of drug-likeness (QED) is 0.225. The van der Waals surface area contributed by atoms with Gasteiger partial charge in [0.1, 0.15) is 11.6 Å². The fourth-order valence-electron chi connectivity index (χ4n) is 6.22. The molecule has 0 radical (unpaired) electrons. The molecule has 1 fully saturated rings. The summed E-state index contributed by atoms with van der Waals surface area (Å²) >= 11 is 0. The van der Waals surface area contributed by atoms with Gasteiger partial charge in [0.05, 0.1) is 0 Å². The summed E-state index contributed by atoms with van der Waals surface area (Å²) in [5, 5.41) is 9.90. The highest BCUT2D eigenvalue weighted by Gasteiger charge is 2.39. The lowest BCUT2D eigenvalue weighted by molar-refractivity contribution is -0.122. The molecular formula is C35H45N5O4. The number of amides is 4. The summed E-state index contributed by atoms with van der Waals surface area (Å²) in [6.45, 7) is 7.76. The van der Waals surface area contributed by atoms with Gasteiger partial charge in [-0.3, -0.25) is 4.79 Å². The Kier molecular flexibility index (Phi) is 9.61. The molecule has 44 heavy (non-hydrogen) atoms. The van der Waals surface area contributed by atoms with Crippen molar-refractivity contribution in [1.29, 1.82) is 0 Å². The molecule has 2 aromatic carbocycles. The highest BCUT2D eigenvalue weighted by Crippen LogP contribution is 2.43. The molecule has 3 aromatic rings. The van der Waals surface area contributed by atoms with E-state index in [0.29, 0.717) is 32.6 Å². The predicted octanol–water partition coefficient (Wildman–Crippen LogP) is 5.66. The van der Waals surface area contributed by atoms with Crippen LogP contribution in [-0.4, -0.2) is 65.7 Å². The summed E-state index contributed by atoms with van der Waals surface area (Å²) in [6.07, 6.45) is 10.5. The van der Waals surface area contributed by atoms with Crippen LogP contribution in [-0.2, 0) is 21.4 Å². The normalized spacial score (nSPS) is 16.0. The molecule has 1 saturated heterocycles. The number of nitrogens with one attached hydrogen (secondary N) is 4. The molecule has 2 heterocycles. The Balaban J connectivity index is 1.14. The third-order valence-electron chi connectivity index (χ3n) is 8.56. The number of unbranched alkanes of at least 4 members (excludes halogenated alkanes) is 2. The maximum absolute atomic E-state index is 13.5. The number of ether oxygens (including phenoxy) is 1. The van der Waals surface area contributed by atoms with Crippen LogP contribution < -0.4 is 16.0 Å². The number of nitrogens with zero attached hydrogens (tertiary/aromatic N) is 1. The van der Waals surface area contributed by atoms with Crippen molar-refractivity contribution in [1.82, 2.24) is 25.8 Å². The SMILES string of the molecule is CC(C)(C)OC(=O)NCCCCCNC(=O)[C@@H](Cc1c[nH]c2ccccc12)NC(=O)N1CCC2(C=Cc3ccccc32)CC1. The van der Waals surface area contributed by atoms with E-state index in [1.807, 2.05) is 56.1 Å². The molecule has 1 aliphatic carbocycles. The Labute approximate surface area is 259 Å². The lowest BCUT2D eigenvalue weighted by Crippen LogP contribution is -2.54. The average molecular weight is 600 g/mol. The Morgan fingerprint density at radius 2 is 1.66 bits per heavy atom. The van der Waals surface area contributed by atoms with Crippen LogP contribution in [0.2, 0.25) is 0 Å². The van der Waals surface area contributed by atoms with Crippen molar-refractivity contribution in [3.05, 3.63) is 77.5 Å². The van der Waals surface area contributed by atoms with E-state index < -0.39 is 17.7 Å². The van der Waals surface area contributed by atoms with Gasteiger partial charge in [-0.05, 0) is 75.6 Å². The number of hydrogen-bond acceptors (Lipinski definition) is 4. The van der Waals surface area contributed by atoms with Crippen molar-refractivity contribution >= 4 is 35.0 Å². The zero-order valence-electron chi connectivity index (χ0n) is 26.1. The van der Waals surface area contributed by atoms with Crippen molar-refractivity contribution < 1.29 is 19.1 Å². The van der Waals surface area contributed by atoms with Gasteiger partial charge < -0.3 is 30.6 Å². The van der Waals surface area contributed by atoms with E-state index in [9.17, 15) is 14.4 Å². The van der Waals surface area contributed by atoms with Gasteiger partial charge in [-0.2, -0.15) is 0 Å². The van der Waals surface area contributed by atoms with Crippen LogP contribution in [0.3, 0.4) is 0 Å². The van der Waals surface area contributed by atoms with Crippen molar-refractivity contribution in [3.63, 3.8) is 0 Å². The van der Waals surface area contributed by atoms with Crippen LogP contribution in [0.25, 0.3) is 17.0 Å². The molecule has 2 aliphatic rings. The average Bonchev–Trinajstić information content (AvgIpc) is 3.57. The van der Waals surface area contributed by atoms with Crippen molar-refractivity contribution in [2.45, 2.75) is 76.4 Å². The third-order valence-corrected chi connectivity index (χ3v) is 8.56. The maximum atomic E-state index is 13.5. The first-order valence-corrected chi connectivity index (χ1v) is 15.8. The Bertz CT molecular complexity index is 1500. The Morgan fingerprint density at radius 3 is 2.43 bits per heavy atom. The third kappa shape index (κ3) is 7.62.